The number of hydrogen-bond donors (Lipinski definition) is 2. The first-order valence-corrected chi connectivity index (χ1v) is 4.32. The Hall–Kier alpha value is -1.06. The molecule has 0 saturated carbocycles. The summed E-state index contributed by atoms with van der Waals surface area (Å²) >= 11 is 0. The maximum Gasteiger partial charge on any atom is 0.122 e. The first kappa shape index (κ1) is 8.53. The number of aromatic hydroxyl groups is 1. The maximum atomic E-state index is 9.55. The molecule has 0 radical (unpaired) electrons. The largest absolute Gasteiger partial charge is 0.508 e. The van der Waals surface area contributed by atoms with Crippen LogP contribution in [-0.4, -0.2) is 23.4 Å². The van der Waals surface area contributed by atoms with E-state index < -0.39 is 5.60 Å². The number of aliphatic hydroxyl groups excluding tert-OH is 1. The number of ether oxygens (including phenoxy) is 1. The predicted molar refractivity (Wildman–Crippen MR) is 47.4 cm³/mol. The highest BCUT2D eigenvalue weighted by atomic mass is 16.5. The number of para-hydroxylation sites is 1. The van der Waals surface area contributed by atoms with Gasteiger partial charge < -0.3 is 14.9 Å². The molecule has 1 heterocycles. The molecule has 3 nitrogen and oxygen atoms in total. The number of aliphatic hydroxyl groups is 1. The summed E-state index contributed by atoms with van der Waals surface area (Å²) in [7, 11) is 0. The van der Waals surface area contributed by atoms with Gasteiger partial charge in [0.2, 0.25) is 0 Å². The molecule has 1 atom stereocenters. The van der Waals surface area contributed by atoms with Gasteiger partial charge >= 0.3 is 0 Å². The number of benzene rings is 1. The van der Waals surface area contributed by atoms with Crippen LogP contribution in [0.5, 0.6) is 5.75 Å². The normalized spacial score (nSPS) is 26.8. The molecule has 1 fully saturated rings. The molecule has 0 bridgehead atoms. The molecule has 2 N–H and O–H groups in total. The van der Waals surface area contributed by atoms with Crippen molar-refractivity contribution in [1.82, 2.24) is 0 Å². The van der Waals surface area contributed by atoms with Crippen LogP contribution in [0.3, 0.4) is 0 Å². The highest BCUT2D eigenvalue weighted by Crippen LogP contribution is 2.40. The average Bonchev–Trinajstić information content (AvgIpc) is 2.07. The minimum absolute atomic E-state index is 0.0788. The summed E-state index contributed by atoms with van der Waals surface area (Å²) in [6, 6.07) is 6.97. The quantitative estimate of drug-likeness (QED) is 0.713. The van der Waals surface area contributed by atoms with Gasteiger partial charge in [0.25, 0.3) is 0 Å². The Bertz CT molecular complexity index is 299. The second-order valence-corrected chi connectivity index (χ2v) is 3.27. The Morgan fingerprint density at radius 3 is 2.54 bits per heavy atom. The molecule has 1 saturated heterocycles. The summed E-state index contributed by atoms with van der Waals surface area (Å²) in [5.74, 6) is 0.191. The van der Waals surface area contributed by atoms with Crippen LogP contribution < -0.4 is 0 Å². The molecule has 2 rings (SSSR count). The molecule has 0 aromatic heterocycles. The summed E-state index contributed by atoms with van der Waals surface area (Å²) in [4.78, 5) is 0. The molecular formula is C10H12O3. The molecule has 0 amide bonds. The van der Waals surface area contributed by atoms with E-state index in [1.54, 1.807) is 18.2 Å². The molecule has 3 heteroatoms. The van der Waals surface area contributed by atoms with E-state index in [0.717, 1.165) is 6.42 Å². The van der Waals surface area contributed by atoms with Crippen molar-refractivity contribution in [3.8, 4) is 5.75 Å². The predicted octanol–water partition coefficient (Wildman–Crippen LogP) is 1.00. The van der Waals surface area contributed by atoms with Gasteiger partial charge in [0.05, 0.1) is 13.2 Å². The topological polar surface area (TPSA) is 49.7 Å². The molecule has 1 aliphatic heterocycles. The van der Waals surface area contributed by atoms with Crippen molar-refractivity contribution in [1.29, 1.82) is 0 Å². The van der Waals surface area contributed by atoms with E-state index in [1.165, 1.54) is 0 Å². The molecule has 1 aliphatic rings. The fraction of sp³-hybridized carbons (Fsp3) is 0.400. The van der Waals surface area contributed by atoms with Crippen molar-refractivity contribution in [2.24, 2.45) is 0 Å². The van der Waals surface area contributed by atoms with E-state index in [2.05, 4.69) is 0 Å². The van der Waals surface area contributed by atoms with Crippen molar-refractivity contribution >= 4 is 0 Å². The Balaban J connectivity index is 2.38. The van der Waals surface area contributed by atoms with Gasteiger partial charge in [-0.05, 0) is 6.07 Å². The van der Waals surface area contributed by atoms with Crippen LogP contribution >= 0.6 is 0 Å². The second-order valence-electron chi connectivity index (χ2n) is 3.27. The van der Waals surface area contributed by atoms with Crippen molar-refractivity contribution in [3.63, 3.8) is 0 Å². The Labute approximate surface area is 76.6 Å². The van der Waals surface area contributed by atoms with Gasteiger partial charge in [-0.25, -0.2) is 0 Å². The monoisotopic (exact) mass is 180 g/mol. The van der Waals surface area contributed by atoms with Crippen LogP contribution in [0.4, 0.5) is 0 Å². The lowest BCUT2D eigenvalue weighted by molar-refractivity contribution is -0.178. The van der Waals surface area contributed by atoms with Crippen molar-refractivity contribution < 1.29 is 14.9 Å². The van der Waals surface area contributed by atoms with Gasteiger partial charge in [-0.1, -0.05) is 18.2 Å². The van der Waals surface area contributed by atoms with Crippen molar-refractivity contribution in [2.45, 2.75) is 12.0 Å². The number of phenolic OH excluding ortho intramolecular Hbond substituents is 1. The number of hydrogen-bond acceptors (Lipinski definition) is 3. The van der Waals surface area contributed by atoms with E-state index in [4.69, 9.17) is 4.74 Å². The average molecular weight is 180 g/mol. The summed E-state index contributed by atoms with van der Waals surface area (Å²) in [6.07, 6.45) is 0.765. The lowest BCUT2D eigenvalue weighted by Crippen LogP contribution is -2.44. The number of phenols is 1. The smallest absolute Gasteiger partial charge is 0.122 e. The minimum Gasteiger partial charge on any atom is -0.508 e. The lowest BCUT2D eigenvalue weighted by Gasteiger charge is -2.40. The highest BCUT2D eigenvalue weighted by Gasteiger charge is 2.41. The molecule has 70 valence electrons. The lowest BCUT2D eigenvalue weighted by atomic mass is 9.87. The Morgan fingerprint density at radius 1 is 1.38 bits per heavy atom. The van der Waals surface area contributed by atoms with Crippen molar-refractivity contribution in [3.05, 3.63) is 29.8 Å². The second kappa shape index (κ2) is 3.01. The van der Waals surface area contributed by atoms with Crippen molar-refractivity contribution in [2.75, 3.05) is 13.2 Å². The van der Waals surface area contributed by atoms with Gasteiger partial charge in [0, 0.05) is 12.0 Å². The van der Waals surface area contributed by atoms with Gasteiger partial charge in [-0.3, -0.25) is 0 Å². The van der Waals surface area contributed by atoms with Crippen LogP contribution in [0.1, 0.15) is 12.0 Å². The fourth-order valence-electron chi connectivity index (χ4n) is 1.63. The van der Waals surface area contributed by atoms with Crippen LogP contribution in [0.2, 0.25) is 0 Å². The first-order valence-electron chi connectivity index (χ1n) is 4.32. The minimum atomic E-state index is -0.647. The SMILES string of the molecule is OCC1(c2ccccc2O)CCO1. The third kappa shape index (κ3) is 1.20. The summed E-state index contributed by atoms with van der Waals surface area (Å²) in [5.41, 5.74) is 0.0366. The third-order valence-electron chi connectivity index (χ3n) is 2.53. The maximum absolute atomic E-state index is 9.55. The van der Waals surface area contributed by atoms with Crippen LogP contribution in [0, 0.1) is 0 Å². The Morgan fingerprint density at radius 2 is 2.08 bits per heavy atom. The molecule has 0 spiro atoms. The van der Waals surface area contributed by atoms with Gasteiger partial charge in [-0.2, -0.15) is 0 Å². The summed E-state index contributed by atoms with van der Waals surface area (Å²) in [5, 5.41) is 18.7. The Kier molecular flexibility index (Phi) is 1.98. The fourth-order valence-corrected chi connectivity index (χ4v) is 1.63. The molecule has 13 heavy (non-hydrogen) atoms. The van der Waals surface area contributed by atoms with E-state index in [-0.39, 0.29) is 12.4 Å². The molecule has 1 unspecified atom stereocenters. The standard InChI is InChI=1S/C10H12O3/c11-7-10(5-6-13-10)8-3-1-2-4-9(8)12/h1-4,11-12H,5-7H2. The summed E-state index contributed by atoms with van der Waals surface area (Å²) in [6.45, 7) is 0.569. The van der Waals surface area contributed by atoms with E-state index in [1.807, 2.05) is 6.07 Å². The van der Waals surface area contributed by atoms with Crippen LogP contribution in [0.25, 0.3) is 0 Å². The van der Waals surface area contributed by atoms with Gasteiger partial charge in [0.1, 0.15) is 11.4 Å². The van der Waals surface area contributed by atoms with Crippen LogP contribution in [0.15, 0.2) is 24.3 Å². The zero-order chi connectivity index (χ0) is 9.31. The molecule has 1 aromatic carbocycles. The van der Waals surface area contributed by atoms with Gasteiger partial charge in [-0.15, -0.1) is 0 Å². The van der Waals surface area contributed by atoms with Crippen LogP contribution in [-0.2, 0) is 10.3 Å². The highest BCUT2D eigenvalue weighted by molar-refractivity contribution is 5.38. The third-order valence-corrected chi connectivity index (χ3v) is 2.53. The van der Waals surface area contributed by atoms with E-state index in [9.17, 15) is 10.2 Å². The first-order chi connectivity index (χ1) is 6.28. The number of rotatable bonds is 2. The molecular weight excluding hydrogens is 168 g/mol. The zero-order valence-electron chi connectivity index (χ0n) is 7.23. The van der Waals surface area contributed by atoms with E-state index in [0.29, 0.717) is 12.2 Å². The van der Waals surface area contributed by atoms with Gasteiger partial charge in [0.15, 0.2) is 0 Å². The molecule has 0 aliphatic carbocycles. The molecule has 1 aromatic rings. The summed E-state index contributed by atoms with van der Waals surface area (Å²) < 4.78 is 5.32. The zero-order valence-corrected chi connectivity index (χ0v) is 7.23. The van der Waals surface area contributed by atoms with E-state index >= 15 is 0 Å².